The largest absolute Gasteiger partial charge is 0.497 e. The zero-order valence-electron chi connectivity index (χ0n) is 18.0. The molecule has 0 spiro atoms. The minimum absolute atomic E-state index is 0.140. The number of carbonyl (C=O) groups is 1. The summed E-state index contributed by atoms with van der Waals surface area (Å²) in [6.45, 7) is 8.67. The minimum Gasteiger partial charge on any atom is -0.497 e. The molecule has 160 valence electrons. The number of aromatic nitrogens is 2. The molecule has 1 amide bonds. The molecule has 0 unspecified atom stereocenters. The van der Waals surface area contributed by atoms with E-state index in [4.69, 9.17) is 4.74 Å². The van der Waals surface area contributed by atoms with Gasteiger partial charge in [-0.05, 0) is 55.8 Å². The Bertz CT molecular complexity index is 824. The highest BCUT2D eigenvalue weighted by molar-refractivity contribution is 5.79. The number of carbonyl (C=O) groups excluding carboxylic acids is 1. The molecular weight excluding hydrogens is 378 g/mol. The van der Waals surface area contributed by atoms with E-state index in [0.717, 1.165) is 81.5 Å². The van der Waals surface area contributed by atoms with E-state index in [1.54, 1.807) is 7.11 Å². The summed E-state index contributed by atoms with van der Waals surface area (Å²) in [6, 6.07) is 11.9. The number of hydrogen-bond donors (Lipinski definition) is 0. The Morgan fingerprint density at radius 2 is 1.67 bits per heavy atom. The standard InChI is InChI=1S/C23H31N5O2/c1-3-26-14-16-28(17-15-26)23(29)19-10-12-27(13-11-19)22-9-8-21(24-25-22)18-4-6-20(30-2)7-5-18/h4-9,19H,3,10-17H2,1-2H3. The van der Waals surface area contributed by atoms with Crippen LogP contribution in [-0.4, -0.2) is 78.8 Å². The molecule has 2 aliphatic rings. The SMILES string of the molecule is CCN1CCN(C(=O)C2CCN(c3ccc(-c4ccc(OC)cc4)nn3)CC2)CC1. The van der Waals surface area contributed by atoms with Gasteiger partial charge in [-0.15, -0.1) is 10.2 Å². The average Bonchev–Trinajstić information content (AvgIpc) is 2.84. The van der Waals surface area contributed by atoms with Crippen LogP contribution in [0.15, 0.2) is 36.4 Å². The van der Waals surface area contributed by atoms with Crippen LogP contribution >= 0.6 is 0 Å². The molecule has 0 N–H and O–H groups in total. The third-order valence-corrected chi connectivity index (χ3v) is 6.34. The molecule has 4 rings (SSSR count). The zero-order valence-corrected chi connectivity index (χ0v) is 18.0. The molecule has 2 saturated heterocycles. The minimum atomic E-state index is 0.140. The Hall–Kier alpha value is -2.67. The Morgan fingerprint density at radius 3 is 2.23 bits per heavy atom. The van der Waals surface area contributed by atoms with Gasteiger partial charge in [0.05, 0.1) is 12.8 Å². The molecule has 7 nitrogen and oxygen atoms in total. The van der Waals surface area contributed by atoms with Crippen molar-refractivity contribution >= 4 is 11.7 Å². The van der Waals surface area contributed by atoms with E-state index in [0.29, 0.717) is 5.91 Å². The number of methoxy groups -OCH3 is 1. The van der Waals surface area contributed by atoms with Crippen molar-refractivity contribution in [3.63, 3.8) is 0 Å². The van der Waals surface area contributed by atoms with Gasteiger partial charge in [0, 0.05) is 50.7 Å². The van der Waals surface area contributed by atoms with Gasteiger partial charge < -0.3 is 19.4 Å². The second kappa shape index (κ2) is 9.43. The number of likely N-dealkylation sites (N-methyl/N-ethyl adjacent to an activating group) is 1. The monoisotopic (exact) mass is 409 g/mol. The predicted molar refractivity (Wildman–Crippen MR) is 118 cm³/mol. The number of piperazine rings is 1. The molecule has 3 heterocycles. The molecule has 2 aliphatic heterocycles. The molecular formula is C23H31N5O2. The fourth-order valence-corrected chi connectivity index (χ4v) is 4.31. The third-order valence-electron chi connectivity index (χ3n) is 6.34. The lowest BCUT2D eigenvalue weighted by atomic mass is 9.95. The quantitative estimate of drug-likeness (QED) is 0.756. The molecule has 0 radical (unpaired) electrons. The van der Waals surface area contributed by atoms with Crippen LogP contribution in [0.25, 0.3) is 11.3 Å². The van der Waals surface area contributed by atoms with Gasteiger partial charge >= 0.3 is 0 Å². The van der Waals surface area contributed by atoms with Gasteiger partial charge in [0.25, 0.3) is 0 Å². The number of piperidine rings is 1. The maximum absolute atomic E-state index is 12.9. The van der Waals surface area contributed by atoms with Crippen molar-refractivity contribution in [2.45, 2.75) is 19.8 Å². The molecule has 7 heteroatoms. The normalized spacial score (nSPS) is 18.5. The fourth-order valence-electron chi connectivity index (χ4n) is 4.31. The van der Waals surface area contributed by atoms with Crippen molar-refractivity contribution in [3.8, 4) is 17.0 Å². The van der Waals surface area contributed by atoms with Crippen LogP contribution in [0.3, 0.4) is 0 Å². The Morgan fingerprint density at radius 1 is 0.967 bits per heavy atom. The first-order chi connectivity index (χ1) is 14.7. The predicted octanol–water partition coefficient (Wildman–Crippen LogP) is 2.53. The summed E-state index contributed by atoms with van der Waals surface area (Å²) in [5, 5.41) is 8.85. The first kappa shape index (κ1) is 20.6. The number of rotatable bonds is 5. The average molecular weight is 410 g/mol. The van der Waals surface area contributed by atoms with E-state index < -0.39 is 0 Å². The van der Waals surface area contributed by atoms with Crippen molar-refractivity contribution in [1.82, 2.24) is 20.0 Å². The summed E-state index contributed by atoms with van der Waals surface area (Å²) in [6.07, 6.45) is 1.77. The third kappa shape index (κ3) is 4.56. The van der Waals surface area contributed by atoms with Crippen LogP contribution in [0.1, 0.15) is 19.8 Å². The number of hydrogen-bond acceptors (Lipinski definition) is 6. The van der Waals surface area contributed by atoms with Gasteiger partial charge in [-0.2, -0.15) is 0 Å². The molecule has 1 aromatic carbocycles. The highest BCUT2D eigenvalue weighted by atomic mass is 16.5. The smallest absolute Gasteiger partial charge is 0.225 e. The lowest BCUT2D eigenvalue weighted by Crippen LogP contribution is -2.51. The van der Waals surface area contributed by atoms with E-state index in [1.807, 2.05) is 36.4 Å². The molecule has 0 saturated carbocycles. The molecule has 0 atom stereocenters. The summed E-state index contributed by atoms with van der Waals surface area (Å²) in [4.78, 5) is 19.6. The van der Waals surface area contributed by atoms with E-state index in [9.17, 15) is 4.79 Å². The maximum atomic E-state index is 12.9. The van der Waals surface area contributed by atoms with Crippen molar-refractivity contribution in [1.29, 1.82) is 0 Å². The Labute approximate surface area is 178 Å². The molecule has 1 aromatic heterocycles. The van der Waals surface area contributed by atoms with E-state index >= 15 is 0 Å². The zero-order chi connectivity index (χ0) is 20.9. The van der Waals surface area contributed by atoms with Crippen molar-refractivity contribution in [2.75, 3.05) is 57.8 Å². The maximum Gasteiger partial charge on any atom is 0.225 e. The first-order valence-corrected chi connectivity index (χ1v) is 10.9. The van der Waals surface area contributed by atoms with Crippen LogP contribution in [0.5, 0.6) is 5.75 Å². The summed E-state index contributed by atoms with van der Waals surface area (Å²) in [7, 11) is 1.66. The first-order valence-electron chi connectivity index (χ1n) is 10.9. The van der Waals surface area contributed by atoms with Gasteiger partial charge in [-0.25, -0.2) is 0 Å². The highest BCUT2D eigenvalue weighted by Gasteiger charge is 2.30. The van der Waals surface area contributed by atoms with Gasteiger partial charge in [-0.3, -0.25) is 4.79 Å². The summed E-state index contributed by atoms with van der Waals surface area (Å²) < 4.78 is 5.21. The van der Waals surface area contributed by atoms with Gasteiger partial charge in [0.2, 0.25) is 5.91 Å². The fraction of sp³-hybridized carbons (Fsp3) is 0.522. The van der Waals surface area contributed by atoms with E-state index in [2.05, 4.69) is 31.8 Å². The number of amides is 1. The van der Waals surface area contributed by atoms with Crippen molar-refractivity contribution in [2.24, 2.45) is 5.92 Å². The second-order valence-corrected chi connectivity index (χ2v) is 8.03. The topological polar surface area (TPSA) is 61.8 Å². The lowest BCUT2D eigenvalue weighted by Gasteiger charge is -2.38. The van der Waals surface area contributed by atoms with Crippen LogP contribution in [-0.2, 0) is 4.79 Å². The summed E-state index contributed by atoms with van der Waals surface area (Å²) in [5.41, 5.74) is 1.86. The summed E-state index contributed by atoms with van der Waals surface area (Å²) >= 11 is 0. The molecule has 2 fully saturated rings. The Balaban J connectivity index is 1.31. The van der Waals surface area contributed by atoms with Crippen molar-refractivity contribution < 1.29 is 9.53 Å². The van der Waals surface area contributed by atoms with Gasteiger partial charge in [0.15, 0.2) is 5.82 Å². The van der Waals surface area contributed by atoms with Crippen LogP contribution in [0.4, 0.5) is 5.82 Å². The van der Waals surface area contributed by atoms with E-state index in [1.165, 1.54) is 0 Å². The summed E-state index contributed by atoms with van der Waals surface area (Å²) in [5.74, 6) is 2.19. The number of benzene rings is 1. The number of nitrogens with zero attached hydrogens (tertiary/aromatic N) is 5. The number of ether oxygens (including phenoxy) is 1. The molecule has 2 aromatic rings. The van der Waals surface area contributed by atoms with Crippen molar-refractivity contribution in [3.05, 3.63) is 36.4 Å². The van der Waals surface area contributed by atoms with E-state index in [-0.39, 0.29) is 5.92 Å². The lowest BCUT2D eigenvalue weighted by molar-refractivity contribution is -0.137. The molecule has 30 heavy (non-hydrogen) atoms. The second-order valence-electron chi connectivity index (χ2n) is 8.03. The van der Waals surface area contributed by atoms with Crippen LogP contribution < -0.4 is 9.64 Å². The highest BCUT2D eigenvalue weighted by Crippen LogP contribution is 2.25. The van der Waals surface area contributed by atoms with Gasteiger partial charge in [0.1, 0.15) is 5.75 Å². The van der Waals surface area contributed by atoms with Crippen LogP contribution in [0.2, 0.25) is 0 Å². The number of anilines is 1. The molecule has 0 bridgehead atoms. The molecule has 0 aliphatic carbocycles. The van der Waals surface area contributed by atoms with Gasteiger partial charge in [-0.1, -0.05) is 6.92 Å². The van der Waals surface area contributed by atoms with Crippen LogP contribution in [0, 0.1) is 5.92 Å². The Kier molecular flexibility index (Phi) is 6.47.